The average molecular weight is 256 g/mol. The highest BCUT2D eigenvalue weighted by Crippen LogP contribution is 1.97. The van der Waals surface area contributed by atoms with Gasteiger partial charge in [0.1, 0.15) is 0 Å². The SMILES string of the molecule is CCCCC(=O)OC.NC(=O)c1ccnc(F)c1. The Hall–Kier alpha value is -1.98. The number of amides is 1. The van der Waals surface area contributed by atoms with E-state index in [9.17, 15) is 14.0 Å². The predicted molar refractivity (Wildman–Crippen MR) is 64.3 cm³/mol. The second-order valence-electron chi connectivity index (χ2n) is 3.41. The first-order valence-corrected chi connectivity index (χ1v) is 5.49. The molecule has 18 heavy (non-hydrogen) atoms. The van der Waals surface area contributed by atoms with Crippen LogP contribution in [-0.4, -0.2) is 24.0 Å². The second-order valence-corrected chi connectivity index (χ2v) is 3.41. The van der Waals surface area contributed by atoms with Gasteiger partial charge in [-0.2, -0.15) is 4.39 Å². The summed E-state index contributed by atoms with van der Waals surface area (Å²) in [6.45, 7) is 2.04. The minimum atomic E-state index is -0.698. The van der Waals surface area contributed by atoms with E-state index in [1.807, 2.05) is 6.92 Å². The molecule has 0 saturated heterocycles. The molecule has 5 nitrogen and oxygen atoms in total. The maximum absolute atomic E-state index is 12.2. The molecule has 1 aromatic heterocycles. The van der Waals surface area contributed by atoms with Crippen molar-refractivity contribution in [1.29, 1.82) is 0 Å². The van der Waals surface area contributed by atoms with E-state index in [1.165, 1.54) is 19.4 Å². The Bertz CT molecular complexity index is 397. The van der Waals surface area contributed by atoms with Crippen LogP contribution in [0.5, 0.6) is 0 Å². The summed E-state index contributed by atoms with van der Waals surface area (Å²) in [4.78, 5) is 24.0. The number of pyridine rings is 1. The quantitative estimate of drug-likeness (QED) is 0.656. The third-order valence-electron chi connectivity index (χ3n) is 1.97. The van der Waals surface area contributed by atoms with Crippen molar-refractivity contribution in [2.75, 3.05) is 7.11 Å². The molecule has 0 fully saturated rings. The van der Waals surface area contributed by atoms with Crippen LogP contribution in [0, 0.1) is 5.95 Å². The molecular weight excluding hydrogens is 239 g/mol. The van der Waals surface area contributed by atoms with Crippen molar-refractivity contribution >= 4 is 11.9 Å². The molecule has 0 spiro atoms. The van der Waals surface area contributed by atoms with Crippen molar-refractivity contribution in [2.45, 2.75) is 26.2 Å². The highest BCUT2D eigenvalue weighted by Gasteiger charge is 1.99. The Morgan fingerprint density at radius 2 is 2.17 bits per heavy atom. The molecule has 0 aliphatic heterocycles. The van der Waals surface area contributed by atoms with Gasteiger partial charge in [-0.3, -0.25) is 9.59 Å². The minimum Gasteiger partial charge on any atom is -0.469 e. The first-order chi connectivity index (χ1) is 8.51. The number of hydrogen-bond donors (Lipinski definition) is 1. The van der Waals surface area contributed by atoms with Crippen molar-refractivity contribution < 1.29 is 18.7 Å². The van der Waals surface area contributed by atoms with Gasteiger partial charge in [-0.25, -0.2) is 4.98 Å². The van der Waals surface area contributed by atoms with Crippen LogP contribution in [-0.2, 0) is 9.53 Å². The number of hydrogen-bond acceptors (Lipinski definition) is 4. The number of carbonyl (C=O) groups is 2. The van der Waals surface area contributed by atoms with Crippen molar-refractivity contribution in [2.24, 2.45) is 5.73 Å². The maximum Gasteiger partial charge on any atom is 0.305 e. The summed E-state index contributed by atoms with van der Waals surface area (Å²) >= 11 is 0. The number of aromatic nitrogens is 1. The topological polar surface area (TPSA) is 82.3 Å². The number of rotatable bonds is 4. The number of primary amides is 1. The molecule has 0 bridgehead atoms. The number of methoxy groups -OCH3 is 1. The Balaban J connectivity index is 0.000000331. The van der Waals surface area contributed by atoms with E-state index in [4.69, 9.17) is 5.73 Å². The number of ether oxygens (including phenoxy) is 1. The number of unbranched alkanes of at least 4 members (excludes halogenated alkanes) is 1. The predicted octanol–water partition coefficient (Wildman–Crippen LogP) is 1.67. The van der Waals surface area contributed by atoms with E-state index in [0.717, 1.165) is 18.9 Å². The summed E-state index contributed by atoms with van der Waals surface area (Å²) < 4.78 is 16.6. The Labute approximate surface area is 105 Å². The fourth-order valence-corrected chi connectivity index (χ4v) is 0.979. The molecule has 100 valence electrons. The Morgan fingerprint density at radius 1 is 1.50 bits per heavy atom. The molecule has 2 N–H and O–H groups in total. The van der Waals surface area contributed by atoms with Gasteiger partial charge in [-0.15, -0.1) is 0 Å². The molecule has 0 atom stereocenters. The van der Waals surface area contributed by atoms with Crippen LogP contribution in [0.1, 0.15) is 36.5 Å². The first-order valence-electron chi connectivity index (χ1n) is 5.49. The minimum absolute atomic E-state index is 0.105. The van der Waals surface area contributed by atoms with E-state index in [-0.39, 0.29) is 11.5 Å². The van der Waals surface area contributed by atoms with Gasteiger partial charge >= 0.3 is 5.97 Å². The molecule has 6 heteroatoms. The molecule has 0 aromatic carbocycles. The van der Waals surface area contributed by atoms with Crippen LogP contribution in [0.2, 0.25) is 0 Å². The van der Waals surface area contributed by atoms with E-state index in [2.05, 4.69) is 9.72 Å². The van der Waals surface area contributed by atoms with Gasteiger partial charge in [0, 0.05) is 24.2 Å². The zero-order valence-corrected chi connectivity index (χ0v) is 10.5. The van der Waals surface area contributed by atoms with Gasteiger partial charge in [0.15, 0.2) is 0 Å². The molecule has 1 rings (SSSR count). The molecule has 0 radical (unpaired) electrons. The maximum atomic E-state index is 12.2. The standard InChI is InChI=1S/C6H5FN2O.C6H12O2/c7-5-3-4(6(8)10)1-2-9-5;1-3-4-5-6(7)8-2/h1-3H,(H2,8,10);3-5H2,1-2H3. The van der Waals surface area contributed by atoms with Crippen LogP contribution in [0.3, 0.4) is 0 Å². The molecule has 0 aliphatic carbocycles. The van der Waals surface area contributed by atoms with Crippen molar-refractivity contribution in [3.05, 3.63) is 29.8 Å². The fraction of sp³-hybridized carbons (Fsp3) is 0.417. The third kappa shape index (κ3) is 7.32. The molecule has 0 aliphatic rings. The van der Waals surface area contributed by atoms with Crippen molar-refractivity contribution in [1.82, 2.24) is 4.98 Å². The lowest BCUT2D eigenvalue weighted by molar-refractivity contribution is -0.140. The van der Waals surface area contributed by atoms with Crippen LogP contribution >= 0.6 is 0 Å². The summed E-state index contributed by atoms with van der Waals surface area (Å²) in [6.07, 6.45) is 3.74. The summed E-state index contributed by atoms with van der Waals surface area (Å²) in [5.41, 5.74) is 4.98. The smallest absolute Gasteiger partial charge is 0.305 e. The van der Waals surface area contributed by atoms with Crippen molar-refractivity contribution in [3.63, 3.8) is 0 Å². The highest BCUT2D eigenvalue weighted by molar-refractivity contribution is 5.92. The Kier molecular flexibility index (Phi) is 8.09. The van der Waals surface area contributed by atoms with Crippen LogP contribution < -0.4 is 5.73 Å². The summed E-state index contributed by atoms with van der Waals surface area (Å²) in [5.74, 6) is -1.45. The number of esters is 1. The summed E-state index contributed by atoms with van der Waals surface area (Å²) in [5, 5.41) is 0. The van der Waals surface area contributed by atoms with Gasteiger partial charge in [0.25, 0.3) is 0 Å². The van der Waals surface area contributed by atoms with E-state index >= 15 is 0 Å². The van der Waals surface area contributed by atoms with E-state index < -0.39 is 11.9 Å². The normalized spacial score (nSPS) is 9.06. The number of halogens is 1. The van der Waals surface area contributed by atoms with Gasteiger partial charge in [0.05, 0.1) is 7.11 Å². The van der Waals surface area contributed by atoms with E-state index in [0.29, 0.717) is 6.42 Å². The molecule has 1 amide bonds. The van der Waals surface area contributed by atoms with E-state index in [1.54, 1.807) is 0 Å². The largest absolute Gasteiger partial charge is 0.469 e. The van der Waals surface area contributed by atoms with Gasteiger partial charge < -0.3 is 10.5 Å². The zero-order valence-electron chi connectivity index (χ0n) is 10.5. The highest BCUT2D eigenvalue weighted by atomic mass is 19.1. The molecule has 0 saturated carbocycles. The van der Waals surface area contributed by atoms with Crippen LogP contribution in [0.25, 0.3) is 0 Å². The number of carbonyl (C=O) groups excluding carboxylic acids is 2. The third-order valence-corrected chi connectivity index (χ3v) is 1.97. The van der Waals surface area contributed by atoms with Crippen molar-refractivity contribution in [3.8, 4) is 0 Å². The lowest BCUT2D eigenvalue weighted by Gasteiger charge is -1.93. The lowest BCUT2D eigenvalue weighted by Crippen LogP contribution is -2.11. The molecule has 1 heterocycles. The van der Waals surface area contributed by atoms with Crippen LogP contribution in [0.15, 0.2) is 18.3 Å². The first kappa shape index (κ1) is 16.0. The van der Waals surface area contributed by atoms with Crippen LogP contribution in [0.4, 0.5) is 4.39 Å². The van der Waals surface area contributed by atoms with Gasteiger partial charge in [-0.05, 0) is 12.5 Å². The Morgan fingerprint density at radius 3 is 2.56 bits per heavy atom. The van der Waals surface area contributed by atoms with Gasteiger partial charge in [0.2, 0.25) is 11.9 Å². The molecular formula is C12H17FN2O3. The summed E-state index contributed by atoms with van der Waals surface area (Å²) in [7, 11) is 1.41. The zero-order chi connectivity index (χ0) is 14.0. The fourth-order valence-electron chi connectivity index (χ4n) is 0.979. The molecule has 1 aromatic rings. The molecule has 0 unspecified atom stereocenters. The number of nitrogens with two attached hydrogens (primary N) is 1. The lowest BCUT2D eigenvalue weighted by atomic mass is 10.3. The summed E-state index contributed by atoms with van der Waals surface area (Å²) in [6, 6.07) is 2.34. The monoisotopic (exact) mass is 256 g/mol. The van der Waals surface area contributed by atoms with Gasteiger partial charge in [-0.1, -0.05) is 13.3 Å². The average Bonchev–Trinajstić information content (AvgIpc) is 2.36. The second kappa shape index (κ2) is 9.09. The number of nitrogens with zero attached hydrogens (tertiary/aromatic N) is 1.